The fourth-order valence-electron chi connectivity index (χ4n) is 4.81. The molecule has 1 aliphatic heterocycles. The van der Waals surface area contributed by atoms with Crippen molar-refractivity contribution in [3.05, 3.63) is 119 Å². The van der Waals surface area contributed by atoms with E-state index in [0.29, 0.717) is 22.5 Å². The summed E-state index contributed by atoms with van der Waals surface area (Å²) in [5.74, 6) is -1.39. The van der Waals surface area contributed by atoms with Gasteiger partial charge in [0.2, 0.25) is 0 Å². The highest BCUT2D eigenvalue weighted by Gasteiger charge is 2.41. The average molecular weight is 550 g/mol. The molecule has 0 spiro atoms. The van der Waals surface area contributed by atoms with Crippen LogP contribution in [0.15, 0.2) is 96.6 Å². The van der Waals surface area contributed by atoms with Crippen molar-refractivity contribution in [3.63, 3.8) is 0 Å². The van der Waals surface area contributed by atoms with Gasteiger partial charge in [0.1, 0.15) is 5.57 Å². The Morgan fingerprint density at radius 3 is 1.90 bits per heavy atom. The molecule has 7 nitrogen and oxygen atoms in total. The molecule has 0 aliphatic carbocycles. The number of aromatic nitrogens is 1. The van der Waals surface area contributed by atoms with Gasteiger partial charge in [-0.3, -0.25) is 19.4 Å². The molecule has 0 unspecified atom stereocenters. The van der Waals surface area contributed by atoms with Gasteiger partial charge in [0, 0.05) is 17.1 Å². The zero-order valence-corrected chi connectivity index (χ0v) is 23.1. The fraction of sp³-hybridized carbons (Fsp3) is 0.125. The van der Waals surface area contributed by atoms with Crippen LogP contribution in [0.25, 0.3) is 11.8 Å². The molecule has 1 aliphatic rings. The Hall–Kier alpha value is -4.82. The van der Waals surface area contributed by atoms with Gasteiger partial charge in [0.15, 0.2) is 5.11 Å². The number of hydrogen-bond acceptors (Lipinski definition) is 5. The van der Waals surface area contributed by atoms with Gasteiger partial charge in [-0.25, -0.2) is 4.79 Å². The lowest BCUT2D eigenvalue weighted by Crippen LogP contribution is -2.56. The number of benzene rings is 3. The van der Waals surface area contributed by atoms with E-state index in [9.17, 15) is 14.4 Å². The average Bonchev–Trinajstić information content (AvgIpc) is 3.24. The van der Waals surface area contributed by atoms with Gasteiger partial charge in [-0.1, -0.05) is 42.5 Å². The molecular formula is C32H27N3O4S. The predicted molar refractivity (Wildman–Crippen MR) is 160 cm³/mol. The second-order valence-corrected chi connectivity index (χ2v) is 9.59. The number of rotatable bonds is 6. The number of anilines is 2. The molecule has 3 aromatic carbocycles. The number of hydrogen-bond donors (Lipinski definition) is 0. The lowest BCUT2D eigenvalue weighted by atomic mass is 10.0. The third kappa shape index (κ3) is 4.85. The van der Waals surface area contributed by atoms with Crippen molar-refractivity contribution in [2.24, 2.45) is 0 Å². The van der Waals surface area contributed by atoms with Gasteiger partial charge in [-0.2, -0.15) is 0 Å². The van der Waals surface area contributed by atoms with E-state index in [1.807, 2.05) is 66.9 Å². The van der Waals surface area contributed by atoms with E-state index in [1.54, 1.807) is 55.5 Å². The number of carbonyl (C=O) groups is 3. The summed E-state index contributed by atoms with van der Waals surface area (Å²) in [6.45, 7) is 5.88. The Balaban J connectivity index is 1.61. The molecule has 1 aromatic heterocycles. The normalized spacial score (nSPS) is 13.6. The maximum Gasteiger partial charge on any atom is 0.338 e. The van der Waals surface area contributed by atoms with Crippen molar-refractivity contribution in [3.8, 4) is 5.69 Å². The topological polar surface area (TPSA) is 71.8 Å². The Labute approximate surface area is 237 Å². The highest BCUT2D eigenvalue weighted by atomic mass is 32.1. The number of esters is 1. The van der Waals surface area contributed by atoms with Crippen molar-refractivity contribution in [1.82, 2.24) is 4.57 Å². The molecule has 0 saturated carbocycles. The van der Waals surface area contributed by atoms with E-state index in [0.717, 1.165) is 17.1 Å². The molecule has 1 fully saturated rings. The molecule has 0 atom stereocenters. The molecule has 0 bridgehead atoms. The summed E-state index contributed by atoms with van der Waals surface area (Å²) in [6, 6.07) is 27.2. The highest BCUT2D eigenvalue weighted by molar-refractivity contribution is 7.81. The number of aryl methyl sites for hydroxylation is 1. The first kappa shape index (κ1) is 26.8. The van der Waals surface area contributed by atoms with Gasteiger partial charge in [-0.05, 0) is 93.2 Å². The molecule has 200 valence electrons. The van der Waals surface area contributed by atoms with Crippen LogP contribution < -0.4 is 9.80 Å². The van der Waals surface area contributed by atoms with Crippen LogP contribution in [0.4, 0.5) is 11.4 Å². The van der Waals surface area contributed by atoms with Crippen LogP contribution in [0.2, 0.25) is 0 Å². The highest BCUT2D eigenvalue weighted by Crippen LogP contribution is 2.31. The smallest absolute Gasteiger partial charge is 0.338 e. The van der Waals surface area contributed by atoms with Gasteiger partial charge >= 0.3 is 5.97 Å². The zero-order valence-electron chi connectivity index (χ0n) is 22.3. The van der Waals surface area contributed by atoms with Crippen LogP contribution in [-0.2, 0) is 14.3 Å². The number of para-hydroxylation sites is 2. The molecule has 8 heteroatoms. The maximum absolute atomic E-state index is 13.8. The van der Waals surface area contributed by atoms with Gasteiger partial charge in [-0.15, -0.1) is 0 Å². The second kappa shape index (κ2) is 11.1. The molecule has 0 N–H and O–H groups in total. The summed E-state index contributed by atoms with van der Waals surface area (Å²) < 4.78 is 7.13. The van der Waals surface area contributed by atoms with Gasteiger partial charge < -0.3 is 9.30 Å². The minimum Gasteiger partial charge on any atom is -0.462 e. The van der Waals surface area contributed by atoms with Crippen LogP contribution in [0.5, 0.6) is 0 Å². The SMILES string of the molecule is CCOC(=O)c1cccc(-n2c(C)cc(C=C3C(=O)N(c4ccccc4)C(=S)N(c4ccccc4)C3=O)c2C)c1. The molecule has 2 heterocycles. The third-order valence-corrected chi connectivity index (χ3v) is 7.03. The summed E-state index contributed by atoms with van der Waals surface area (Å²) in [5.41, 5.74) is 4.70. The molecule has 4 aromatic rings. The van der Waals surface area contributed by atoms with Crippen molar-refractivity contribution < 1.29 is 19.1 Å². The van der Waals surface area contributed by atoms with E-state index < -0.39 is 17.8 Å². The summed E-state index contributed by atoms with van der Waals surface area (Å²) in [6.07, 6.45) is 1.62. The zero-order chi connectivity index (χ0) is 28.4. The summed E-state index contributed by atoms with van der Waals surface area (Å²) in [7, 11) is 0. The van der Waals surface area contributed by atoms with E-state index >= 15 is 0 Å². The molecular weight excluding hydrogens is 522 g/mol. The minimum absolute atomic E-state index is 0.0122. The molecule has 1 saturated heterocycles. The summed E-state index contributed by atoms with van der Waals surface area (Å²) in [5, 5.41) is 0.0887. The lowest BCUT2D eigenvalue weighted by molar-refractivity contribution is -0.120. The number of nitrogens with zero attached hydrogens (tertiary/aromatic N) is 3. The Morgan fingerprint density at radius 2 is 1.35 bits per heavy atom. The monoisotopic (exact) mass is 549 g/mol. The van der Waals surface area contributed by atoms with Crippen molar-refractivity contribution in [2.75, 3.05) is 16.4 Å². The van der Waals surface area contributed by atoms with E-state index in [2.05, 4.69) is 0 Å². The Kier molecular flexibility index (Phi) is 7.44. The maximum atomic E-state index is 13.8. The molecule has 5 rings (SSSR count). The van der Waals surface area contributed by atoms with Crippen molar-refractivity contribution >= 4 is 52.6 Å². The second-order valence-electron chi connectivity index (χ2n) is 9.23. The van der Waals surface area contributed by atoms with Gasteiger partial charge in [0.25, 0.3) is 11.8 Å². The predicted octanol–water partition coefficient (Wildman–Crippen LogP) is 6.02. The van der Waals surface area contributed by atoms with Crippen LogP contribution in [-0.4, -0.2) is 34.1 Å². The fourth-order valence-corrected chi connectivity index (χ4v) is 5.19. The van der Waals surface area contributed by atoms with E-state index in [4.69, 9.17) is 17.0 Å². The van der Waals surface area contributed by atoms with Crippen molar-refractivity contribution in [2.45, 2.75) is 20.8 Å². The van der Waals surface area contributed by atoms with E-state index in [1.165, 1.54) is 9.80 Å². The summed E-state index contributed by atoms with van der Waals surface area (Å²) in [4.78, 5) is 42.8. The first-order valence-electron chi connectivity index (χ1n) is 12.8. The van der Waals surface area contributed by atoms with Crippen LogP contribution in [0.3, 0.4) is 0 Å². The lowest BCUT2D eigenvalue weighted by Gasteiger charge is -2.36. The molecule has 0 radical (unpaired) electrons. The number of carbonyl (C=O) groups excluding carboxylic acids is 3. The largest absolute Gasteiger partial charge is 0.462 e. The standard InChI is InChI=1S/C32H27N3O4S/c1-4-39-31(38)23-12-11-17-27(19-23)33-21(2)18-24(22(33)3)20-28-29(36)34(25-13-7-5-8-14-25)32(40)35(30(28)37)26-15-9-6-10-16-26/h5-20H,4H2,1-3H3. The first-order valence-corrected chi connectivity index (χ1v) is 13.2. The van der Waals surface area contributed by atoms with Crippen LogP contribution >= 0.6 is 12.2 Å². The first-order chi connectivity index (χ1) is 19.3. The Morgan fingerprint density at radius 1 is 0.800 bits per heavy atom. The number of amides is 2. The molecule has 40 heavy (non-hydrogen) atoms. The Bertz CT molecular complexity index is 1590. The van der Waals surface area contributed by atoms with Crippen LogP contribution in [0, 0.1) is 13.8 Å². The van der Waals surface area contributed by atoms with Gasteiger partial charge in [0.05, 0.1) is 23.5 Å². The van der Waals surface area contributed by atoms with E-state index in [-0.39, 0.29) is 17.3 Å². The van der Waals surface area contributed by atoms with Crippen LogP contribution in [0.1, 0.15) is 34.2 Å². The number of thiocarbonyl (C=S) groups is 1. The molecule has 2 amide bonds. The quantitative estimate of drug-likeness (QED) is 0.127. The minimum atomic E-state index is -0.498. The van der Waals surface area contributed by atoms with Crippen molar-refractivity contribution in [1.29, 1.82) is 0 Å². The summed E-state index contributed by atoms with van der Waals surface area (Å²) >= 11 is 5.69. The third-order valence-electron chi connectivity index (χ3n) is 6.66. The number of ether oxygens (including phenoxy) is 1.